The molecular weight excluding hydrogens is 399 g/mol. The summed E-state index contributed by atoms with van der Waals surface area (Å²) in [5.74, 6) is -0.676. The number of aromatic nitrogens is 2. The molecule has 6 nitrogen and oxygen atoms in total. The first-order valence-corrected chi connectivity index (χ1v) is 9.41. The molecule has 0 bridgehead atoms. The van der Waals surface area contributed by atoms with Crippen LogP contribution < -0.4 is 10.6 Å². The molecule has 3 aromatic rings. The highest BCUT2D eigenvalue weighted by atomic mass is 35.5. The fourth-order valence-electron chi connectivity index (χ4n) is 2.65. The minimum atomic E-state index is -0.585. The lowest BCUT2D eigenvalue weighted by atomic mass is 10.2. The molecule has 8 heteroatoms. The van der Waals surface area contributed by atoms with Gasteiger partial charge in [0.1, 0.15) is 6.04 Å². The Bertz CT molecular complexity index is 1000. The van der Waals surface area contributed by atoms with Gasteiger partial charge in [-0.2, -0.15) is 5.10 Å². The molecule has 2 amide bonds. The molecule has 0 saturated heterocycles. The van der Waals surface area contributed by atoms with Gasteiger partial charge < -0.3 is 10.6 Å². The maximum atomic E-state index is 12.7. The van der Waals surface area contributed by atoms with Crippen molar-refractivity contribution in [2.75, 3.05) is 10.6 Å². The molecule has 0 aliphatic rings. The van der Waals surface area contributed by atoms with Crippen molar-refractivity contribution >= 4 is 46.4 Å². The Morgan fingerprint density at radius 3 is 2.11 bits per heavy atom. The van der Waals surface area contributed by atoms with E-state index >= 15 is 0 Å². The highest BCUT2D eigenvalue weighted by molar-refractivity contribution is 6.34. The molecule has 144 valence electrons. The van der Waals surface area contributed by atoms with Crippen LogP contribution in [-0.4, -0.2) is 21.6 Å². The lowest BCUT2D eigenvalue weighted by Crippen LogP contribution is -2.26. The summed E-state index contributed by atoms with van der Waals surface area (Å²) in [4.78, 5) is 25.1. The highest BCUT2D eigenvalue weighted by Gasteiger charge is 2.22. The van der Waals surface area contributed by atoms with E-state index in [-0.39, 0.29) is 11.6 Å². The van der Waals surface area contributed by atoms with Crippen molar-refractivity contribution in [1.82, 2.24) is 9.78 Å². The van der Waals surface area contributed by atoms with Crippen LogP contribution in [0.25, 0.3) is 0 Å². The number of nitrogens with one attached hydrogen (secondary N) is 2. The van der Waals surface area contributed by atoms with E-state index in [4.69, 9.17) is 23.2 Å². The molecule has 2 N–H and O–H groups in total. The van der Waals surface area contributed by atoms with Gasteiger partial charge in [0.05, 0.1) is 21.4 Å². The van der Waals surface area contributed by atoms with Crippen LogP contribution in [0.1, 0.15) is 29.9 Å². The number of nitrogens with zero attached hydrogens (tertiary/aromatic N) is 2. The highest BCUT2D eigenvalue weighted by Crippen LogP contribution is 2.23. The summed E-state index contributed by atoms with van der Waals surface area (Å²) >= 11 is 12.2. The molecule has 0 fully saturated rings. The normalized spacial score (nSPS) is 11.7. The zero-order chi connectivity index (χ0) is 20.1. The van der Waals surface area contributed by atoms with Crippen LogP contribution in [0, 0.1) is 0 Å². The number of carbonyl (C=O) groups excluding carboxylic acids is 2. The minimum absolute atomic E-state index is 0.184. The van der Waals surface area contributed by atoms with E-state index < -0.39 is 11.9 Å². The molecule has 2 aromatic carbocycles. The summed E-state index contributed by atoms with van der Waals surface area (Å²) in [5, 5.41) is 10.6. The van der Waals surface area contributed by atoms with Crippen LogP contribution in [0.15, 0.2) is 60.8 Å². The molecular formula is C20H18Cl2N4O2. The SMILES string of the molecule is CC[C@@H](C(=O)Nc1ccccc1Cl)n1ccc(C(=O)Nc2ccccc2Cl)n1. The monoisotopic (exact) mass is 416 g/mol. The van der Waals surface area contributed by atoms with Gasteiger partial charge in [-0.1, -0.05) is 54.4 Å². The Balaban J connectivity index is 1.73. The van der Waals surface area contributed by atoms with Gasteiger partial charge in [-0.3, -0.25) is 14.3 Å². The van der Waals surface area contributed by atoms with Crippen molar-refractivity contribution in [2.24, 2.45) is 0 Å². The fraction of sp³-hybridized carbons (Fsp3) is 0.150. The van der Waals surface area contributed by atoms with Crippen LogP contribution in [0.3, 0.4) is 0 Å². The molecule has 0 unspecified atom stereocenters. The van der Waals surface area contributed by atoms with Crippen molar-refractivity contribution in [3.05, 3.63) is 76.5 Å². The van der Waals surface area contributed by atoms with Gasteiger partial charge >= 0.3 is 0 Å². The molecule has 3 rings (SSSR count). The average molecular weight is 417 g/mol. The first kappa shape index (κ1) is 19.9. The lowest BCUT2D eigenvalue weighted by Gasteiger charge is -2.16. The van der Waals surface area contributed by atoms with Crippen molar-refractivity contribution < 1.29 is 9.59 Å². The van der Waals surface area contributed by atoms with Crippen molar-refractivity contribution in [3.63, 3.8) is 0 Å². The molecule has 0 saturated carbocycles. The number of carbonyl (C=O) groups is 2. The van der Waals surface area contributed by atoms with Crippen LogP contribution in [0.4, 0.5) is 11.4 Å². The van der Waals surface area contributed by atoms with Crippen molar-refractivity contribution in [1.29, 1.82) is 0 Å². The van der Waals surface area contributed by atoms with E-state index in [2.05, 4.69) is 15.7 Å². The first-order valence-electron chi connectivity index (χ1n) is 8.66. The van der Waals surface area contributed by atoms with Crippen LogP contribution in [0.2, 0.25) is 10.0 Å². The first-order chi connectivity index (χ1) is 13.5. The smallest absolute Gasteiger partial charge is 0.276 e. The minimum Gasteiger partial charge on any atom is -0.323 e. The predicted octanol–water partition coefficient (Wildman–Crippen LogP) is 5.03. The summed E-state index contributed by atoms with van der Waals surface area (Å²) in [5.41, 5.74) is 1.20. The topological polar surface area (TPSA) is 76.0 Å². The molecule has 28 heavy (non-hydrogen) atoms. The van der Waals surface area contributed by atoms with Crippen molar-refractivity contribution in [3.8, 4) is 0 Å². The van der Waals surface area contributed by atoms with E-state index in [0.29, 0.717) is 27.8 Å². The molecule has 1 heterocycles. The number of anilines is 2. The number of hydrogen-bond donors (Lipinski definition) is 2. The number of benzene rings is 2. The van der Waals surface area contributed by atoms with Gasteiger partial charge in [0.15, 0.2) is 5.69 Å². The third-order valence-corrected chi connectivity index (χ3v) is 4.76. The molecule has 0 aliphatic heterocycles. The predicted molar refractivity (Wildman–Crippen MR) is 111 cm³/mol. The number of halogens is 2. The van der Waals surface area contributed by atoms with Crippen LogP contribution in [-0.2, 0) is 4.79 Å². The number of hydrogen-bond acceptors (Lipinski definition) is 3. The molecule has 0 aliphatic carbocycles. The van der Waals surface area contributed by atoms with E-state index in [1.54, 1.807) is 60.8 Å². The maximum absolute atomic E-state index is 12.7. The van der Waals surface area contributed by atoms with E-state index in [0.717, 1.165) is 0 Å². The number of amides is 2. The van der Waals surface area contributed by atoms with E-state index in [1.165, 1.54) is 4.68 Å². The Morgan fingerprint density at radius 1 is 0.964 bits per heavy atom. The Morgan fingerprint density at radius 2 is 1.54 bits per heavy atom. The fourth-order valence-corrected chi connectivity index (χ4v) is 3.02. The molecule has 0 radical (unpaired) electrons. The molecule has 1 atom stereocenters. The second-order valence-corrected chi connectivity index (χ2v) is 6.82. The van der Waals surface area contributed by atoms with Crippen LogP contribution in [0.5, 0.6) is 0 Å². The Labute approximate surface area is 172 Å². The summed E-state index contributed by atoms with van der Waals surface area (Å²) in [6, 6.07) is 14.9. The molecule has 1 aromatic heterocycles. The Hall–Kier alpha value is -2.83. The number of para-hydroxylation sites is 2. The summed E-state index contributed by atoms with van der Waals surface area (Å²) in [7, 11) is 0. The van der Waals surface area contributed by atoms with Gasteiger partial charge in [-0.05, 0) is 36.8 Å². The average Bonchev–Trinajstić information content (AvgIpc) is 3.16. The largest absolute Gasteiger partial charge is 0.323 e. The second-order valence-electron chi connectivity index (χ2n) is 6.01. The van der Waals surface area contributed by atoms with Gasteiger partial charge in [0, 0.05) is 6.20 Å². The zero-order valence-corrected chi connectivity index (χ0v) is 16.5. The zero-order valence-electron chi connectivity index (χ0n) is 15.0. The van der Waals surface area contributed by atoms with E-state index in [9.17, 15) is 9.59 Å². The lowest BCUT2D eigenvalue weighted by molar-refractivity contribution is -0.119. The van der Waals surface area contributed by atoms with Gasteiger partial charge in [0.2, 0.25) is 5.91 Å². The van der Waals surface area contributed by atoms with Gasteiger partial charge in [0.25, 0.3) is 5.91 Å². The standard InChI is InChI=1S/C20H18Cl2N4O2/c1-2-18(20(28)24-16-10-6-4-8-14(16)22)26-12-11-17(25-26)19(27)23-15-9-5-3-7-13(15)21/h3-12,18H,2H2,1H3,(H,23,27)(H,24,28)/t18-/m0/s1. The third-order valence-electron chi connectivity index (χ3n) is 4.10. The summed E-state index contributed by atoms with van der Waals surface area (Å²) < 4.78 is 1.47. The Kier molecular flexibility index (Phi) is 6.34. The number of rotatable bonds is 6. The van der Waals surface area contributed by atoms with Crippen molar-refractivity contribution in [2.45, 2.75) is 19.4 Å². The maximum Gasteiger partial charge on any atom is 0.276 e. The quantitative estimate of drug-likeness (QED) is 0.591. The summed E-state index contributed by atoms with van der Waals surface area (Å²) in [6.07, 6.45) is 2.09. The van der Waals surface area contributed by atoms with Gasteiger partial charge in [-0.25, -0.2) is 0 Å². The van der Waals surface area contributed by atoms with Gasteiger partial charge in [-0.15, -0.1) is 0 Å². The second kappa shape index (κ2) is 8.91. The third kappa shape index (κ3) is 4.52. The summed E-state index contributed by atoms with van der Waals surface area (Å²) in [6.45, 7) is 1.86. The molecule has 0 spiro atoms. The van der Waals surface area contributed by atoms with E-state index in [1.807, 2.05) is 6.92 Å². The van der Waals surface area contributed by atoms with Crippen LogP contribution >= 0.6 is 23.2 Å².